The number of benzene rings is 1. The summed E-state index contributed by atoms with van der Waals surface area (Å²) in [5, 5.41) is 9.93. The molecule has 0 aromatic heterocycles. The van der Waals surface area contributed by atoms with Crippen LogP contribution in [-0.4, -0.2) is 91.6 Å². The lowest BCUT2D eigenvalue weighted by molar-refractivity contribution is -0.139. The minimum absolute atomic E-state index is 0.0994. The lowest BCUT2D eigenvalue weighted by Crippen LogP contribution is -2.55. The molecule has 2 atom stereocenters. The fourth-order valence-corrected chi connectivity index (χ4v) is 3.29. The monoisotopic (exact) mass is 532 g/mol. The van der Waals surface area contributed by atoms with Crippen molar-refractivity contribution in [3.63, 3.8) is 0 Å². The largest absolute Gasteiger partial charge is 0.348 e. The molecule has 0 aliphatic rings. The first-order valence-electron chi connectivity index (χ1n) is 12.4. The summed E-state index contributed by atoms with van der Waals surface area (Å²) in [4.78, 5) is 76.7. The van der Waals surface area contributed by atoms with Crippen LogP contribution in [0.1, 0.15) is 34.6 Å². The summed E-state index contributed by atoms with van der Waals surface area (Å²) in [6.07, 6.45) is 0. The van der Waals surface area contributed by atoms with E-state index in [9.17, 15) is 28.8 Å². The molecule has 0 spiro atoms. The number of ketones is 1. The van der Waals surface area contributed by atoms with Crippen LogP contribution in [0.25, 0.3) is 0 Å². The summed E-state index contributed by atoms with van der Waals surface area (Å²) in [6.45, 7) is 8.13. The van der Waals surface area contributed by atoms with Gasteiger partial charge >= 0.3 is 6.03 Å². The Balaban J connectivity index is 2.52. The Kier molecular flexibility index (Phi) is 12.4. The molecule has 210 valence electrons. The third kappa shape index (κ3) is 10.6. The van der Waals surface area contributed by atoms with E-state index in [4.69, 9.17) is 0 Å². The van der Waals surface area contributed by atoms with Crippen molar-refractivity contribution in [1.82, 2.24) is 25.8 Å². The lowest BCUT2D eigenvalue weighted by Gasteiger charge is -2.32. The first-order chi connectivity index (χ1) is 17.7. The zero-order valence-corrected chi connectivity index (χ0v) is 23.2. The number of nitrogens with zero attached hydrogens (tertiary/aromatic N) is 2. The zero-order chi connectivity index (χ0) is 29.0. The predicted octanol–water partition coefficient (Wildman–Crippen LogP) is 0.597. The van der Waals surface area contributed by atoms with Crippen LogP contribution in [0.3, 0.4) is 0 Å². The van der Waals surface area contributed by atoms with Crippen LogP contribution in [0.4, 0.5) is 10.5 Å². The summed E-state index contributed by atoms with van der Waals surface area (Å²) in [6, 6.07) is 7.70. The second-order valence-electron chi connectivity index (χ2n) is 10.2. The number of hydrogen-bond donors (Lipinski definition) is 4. The summed E-state index contributed by atoms with van der Waals surface area (Å²) in [7, 11) is 3.14. The number of Topliss-reactive ketones (excluding diaryl/α,β-unsaturated/α-hetero) is 1. The average Bonchev–Trinajstić information content (AvgIpc) is 2.86. The SMILES string of the molecule is CCN(C[C@H](C)C(=O)NCC(=O)C(=O)NCC(=O)NC(C(=O)N(C)C)C(C)(C)C)C(=O)Nc1ccccc1. The average molecular weight is 533 g/mol. The summed E-state index contributed by atoms with van der Waals surface area (Å²) in [5.74, 6) is -4.08. The van der Waals surface area contributed by atoms with Gasteiger partial charge in [-0.1, -0.05) is 45.9 Å². The molecule has 1 aromatic carbocycles. The molecular formula is C26H40N6O6. The maximum absolute atomic E-state index is 12.5. The van der Waals surface area contributed by atoms with E-state index in [2.05, 4.69) is 21.3 Å². The van der Waals surface area contributed by atoms with Gasteiger partial charge in [-0.25, -0.2) is 4.79 Å². The molecule has 0 saturated heterocycles. The highest BCUT2D eigenvalue weighted by atomic mass is 16.2. The van der Waals surface area contributed by atoms with Gasteiger partial charge < -0.3 is 31.1 Å². The number of para-hydroxylation sites is 1. The molecule has 0 aliphatic carbocycles. The van der Waals surface area contributed by atoms with Gasteiger partial charge in [0.15, 0.2) is 0 Å². The van der Waals surface area contributed by atoms with Crippen LogP contribution >= 0.6 is 0 Å². The molecule has 0 fully saturated rings. The van der Waals surface area contributed by atoms with Crippen LogP contribution in [-0.2, 0) is 24.0 Å². The first kappa shape index (κ1) is 32.1. The Morgan fingerprint density at radius 3 is 2.05 bits per heavy atom. The number of hydrogen-bond acceptors (Lipinski definition) is 6. The van der Waals surface area contributed by atoms with E-state index >= 15 is 0 Å². The zero-order valence-electron chi connectivity index (χ0n) is 23.2. The van der Waals surface area contributed by atoms with Crippen molar-refractivity contribution in [1.29, 1.82) is 0 Å². The second-order valence-corrected chi connectivity index (χ2v) is 10.2. The van der Waals surface area contributed by atoms with Crippen molar-refractivity contribution in [2.24, 2.45) is 11.3 Å². The smallest absolute Gasteiger partial charge is 0.321 e. The number of rotatable bonds is 12. The number of anilines is 1. The first-order valence-corrected chi connectivity index (χ1v) is 12.4. The molecule has 38 heavy (non-hydrogen) atoms. The highest BCUT2D eigenvalue weighted by Gasteiger charge is 2.33. The maximum atomic E-state index is 12.5. The van der Waals surface area contributed by atoms with Gasteiger partial charge in [-0.2, -0.15) is 0 Å². The van der Waals surface area contributed by atoms with Crippen molar-refractivity contribution in [2.45, 2.75) is 40.7 Å². The van der Waals surface area contributed by atoms with E-state index in [0.29, 0.717) is 12.2 Å². The number of likely N-dealkylation sites (N-methyl/N-ethyl adjacent to an activating group) is 1. The van der Waals surface area contributed by atoms with Gasteiger partial charge in [-0.3, -0.25) is 24.0 Å². The van der Waals surface area contributed by atoms with Gasteiger partial charge in [-0.05, 0) is 24.5 Å². The van der Waals surface area contributed by atoms with Crippen molar-refractivity contribution in [3.8, 4) is 0 Å². The number of amides is 6. The molecular weight excluding hydrogens is 492 g/mol. The second kappa shape index (κ2) is 14.7. The molecule has 0 radical (unpaired) electrons. The van der Waals surface area contributed by atoms with E-state index in [-0.39, 0.29) is 18.5 Å². The van der Waals surface area contributed by atoms with Crippen LogP contribution in [0.15, 0.2) is 30.3 Å². The Labute approximate surface area is 223 Å². The maximum Gasteiger partial charge on any atom is 0.321 e. The van der Waals surface area contributed by atoms with Crippen LogP contribution in [0, 0.1) is 11.3 Å². The number of nitrogens with one attached hydrogen (secondary N) is 4. The van der Waals surface area contributed by atoms with E-state index in [1.54, 1.807) is 73.0 Å². The standard InChI is InChI=1S/C26H40N6O6/c1-8-32(25(38)29-18-12-10-9-11-13-18)16-17(2)22(35)27-14-19(33)23(36)28-15-20(34)30-21(26(3,4)5)24(37)31(6)7/h9-13,17,21H,8,14-16H2,1-7H3,(H,27,35)(H,28,36)(H,29,38)(H,30,34)/t17-,21?/m0/s1. The van der Waals surface area contributed by atoms with Gasteiger partial charge in [0.1, 0.15) is 6.04 Å². The number of carbonyl (C=O) groups is 6. The summed E-state index contributed by atoms with van der Waals surface area (Å²) >= 11 is 0. The Bertz CT molecular complexity index is 1010. The highest BCUT2D eigenvalue weighted by Crippen LogP contribution is 2.20. The Hall–Kier alpha value is -3.96. The van der Waals surface area contributed by atoms with Crippen LogP contribution in [0.2, 0.25) is 0 Å². The molecule has 0 heterocycles. The van der Waals surface area contributed by atoms with Gasteiger partial charge in [0.25, 0.3) is 5.91 Å². The molecule has 4 N–H and O–H groups in total. The molecule has 12 nitrogen and oxygen atoms in total. The van der Waals surface area contributed by atoms with Crippen molar-refractivity contribution >= 4 is 41.1 Å². The predicted molar refractivity (Wildman–Crippen MR) is 143 cm³/mol. The molecule has 0 saturated carbocycles. The normalized spacial score (nSPS) is 12.4. The third-order valence-electron chi connectivity index (χ3n) is 5.58. The third-order valence-corrected chi connectivity index (χ3v) is 5.58. The lowest BCUT2D eigenvalue weighted by atomic mass is 9.86. The fourth-order valence-electron chi connectivity index (χ4n) is 3.29. The van der Waals surface area contributed by atoms with Crippen molar-refractivity contribution in [3.05, 3.63) is 30.3 Å². The van der Waals surface area contributed by atoms with E-state index in [0.717, 1.165) is 0 Å². The molecule has 6 amide bonds. The Morgan fingerprint density at radius 2 is 1.53 bits per heavy atom. The fraction of sp³-hybridized carbons (Fsp3) is 0.538. The minimum atomic E-state index is -1.04. The molecule has 12 heteroatoms. The number of urea groups is 1. The van der Waals surface area contributed by atoms with Crippen molar-refractivity contribution in [2.75, 3.05) is 45.6 Å². The molecule has 1 aromatic rings. The van der Waals surface area contributed by atoms with Gasteiger partial charge in [0, 0.05) is 32.9 Å². The van der Waals surface area contributed by atoms with Crippen LogP contribution < -0.4 is 21.3 Å². The van der Waals surface area contributed by atoms with E-state index in [1.165, 1.54) is 9.80 Å². The van der Waals surface area contributed by atoms with Crippen LogP contribution in [0.5, 0.6) is 0 Å². The molecule has 0 bridgehead atoms. The summed E-state index contributed by atoms with van der Waals surface area (Å²) < 4.78 is 0. The summed E-state index contributed by atoms with van der Waals surface area (Å²) in [5.41, 5.74) is 0.0458. The molecule has 0 aliphatic heterocycles. The highest BCUT2D eigenvalue weighted by molar-refractivity contribution is 6.37. The molecule has 1 rings (SSSR count). The topological polar surface area (TPSA) is 157 Å². The quantitative estimate of drug-likeness (QED) is 0.289. The van der Waals surface area contributed by atoms with Gasteiger partial charge in [-0.15, -0.1) is 0 Å². The van der Waals surface area contributed by atoms with Gasteiger partial charge in [0.05, 0.1) is 19.0 Å². The Morgan fingerprint density at radius 1 is 0.921 bits per heavy atom. The van der Waals surface area contributed by atoms with Crippen molar-refractivity contribution < 1.29 is 28.8 Å². The minimum Gasteiger partial charge on any atom is -0.348 e. The van der Waals surface area contributed by atoms with E-state index in [1.807, 2.05) is 6.07 Å². The number of carbonyl (C=O) groups excluding carboxylic acids is 6. The van der Waals surface area contributed by atoms with E-state index < -0.39 is 54.0 Å². The molecule has 1 unspecified atom stereocenters. The van der Waals surface area contributed by atoms with Gasteiger partial charge in [0.2, 0.25) is 23.5 Å².